The number of aliphatic carboxylic acids is 1. The lowest BCUT2D eigenvalue weighted by Crippen LogP contribution is -2.40. The summed E-state index contributed by atoms with van der Waals surface area (Å²) < 4.78 is 0. The topological polar surface area (TPSA) is 43.8 Å². The Bertz CT molecular complexity index is 412. The molecule has 100 valence electrons. The monoisotopic (exact) mass is 250 g/mol. The lowest BCUT2D eigenvalue weighted by Gasteiger charge is -2.36. The summed E-state index contributed by atoms with van der Waals surface area (Å²) >= 11 is 0. The predicted molar refractivity (Wildman–Crippen MR) is 74.1 cm³/mol. The van der Waals surface area contributed by atoms with Crippen molar-refractivity contribution in [1.29, 1.82) is 0 Å². The SMILES string of the molecule is CN(C)c1ccc(C(C)(CC(=O)O)N(C)C)cc1. The summed E-state index contributed by atoms with van der Waals surface area (Å²) in [6.45, 7) is 1.95. The van der Waals surface area contributed by atoms with Crippen molar-refractivity contribution in [2.75, 3.05) is 33.1 Å². The van der Waals surface area contributed by atoms with Crippen molar-refractivity contribution in [1.82, 2.24) is 4.90 Å². The minimum absolute atomic E-state index is 0.0846. The van der Waals surface area contributed by atoms with Crippen molar-refractivity contribution in [3.05, 3.63) is 29.8 Å². The van der Waals surface area contributed by atoms with E-state index in [1.54, 1.807) is 0 Å². The van der Waals surface area contributed by atoms with E-state index < -0.39 is 11.5 Å². The van der Waals surface area contributed by atoms with Crippen LogP contribution in [-0.4, -0.2) is 44.2 Å². The molecule has 0 radical (unpaired) electrons. The molecule has 1 unspecified atom stereocenters. The zero-order chi connectivity index (χ0) is 13.9. The first kappa shape index (κ1) is 14.5. The highest BCUT2D eigenvalue weighted by molar-refractivity contribution is 5.69. The van der Waals surface area contributed by atoms with Crippen LogP contribution in [0.2, 0.25) is 0 Å². The van der Waals surface area contributed by atoms with Crippen molar-refractivity contribution in [3.8, 4) is 0 Å². The fourth-order valence-corrected chi connectivity index (χ4v) is 1.93. The van der Waals surface area contributed by atoms with Crippen molar-refractivity contribution in [2.45, 2.75) is 18.9 Å². The summed E-state index contributed by atoms with van der Waals surface area (Å²) in [5.41, 5.74) is 1.63. The highest BCUT2D eigenvalue weighted by atomic mass is 16.4. The van der Waals surface area contributed by atoms with E-state index in [-0.39, 0.29) is 6.42 Å². The molecule has 1 aromatic rings. The van der Waals surface area contributed by atoms with E-state index in [4.69, 9.17) is 5.11 Å². The fraction of sp³-hybridized carbons (Fsp3) is 0.500. The zero-order valence-corrected chi connectivity index (χ0v) is 11.8. The largest absolute Gasteiger partial charge is 0.481 e. The fourth-order valence-electron chi connectivity index (χ4n) is 1.93. The summed E-state index contributed by atoms with van der Waals surface area (Å²) in [7, 11) is 7.78. The first-order valence-corrected chi connectivity index (χ1v) is 5.94. The van der Waals surface area contributed by atoms with Crippen LogP contribution in [0.5, 0.6) is 0 Å². The number of hydrogen-bond donors (Lipinski definition) is 1. The molecule has 0 fully saturated rings. The lowest BCUT2D eigenvalue weighted by molar-refractivity contribution is -0.140. The van der Waals surface area contributed by atoms with Gasteiger partial charge in [0, 0.05) is 19.8 Å². The van der Waals surface area contributed by atoms with E-state index in [9.17, 15) is 4.79 Å². The maximum Gasteiger partial charge on any atom is 0.305 e. The van der Waals surface area contributed by atoms with Crippen molar-refractivity contribution < 1.29 is 9.90 Å². The molecule has 0 heterocycles. The number of carbonyl (C=O) groups is 1. The number of benzene rings is 1. The standard InChI is InChI=1S/C14H22N2O2/c1-14(16(4)5,10-13(17)18)11-6-8-12(9-7-11)15(2)3/h6-9H,10H2,1-5H3,(H,17,18). The second-order valence-corrected chi connectivity index (χ2v) is 5.18. The van der Waals surface area contributed by atoms with Gasteiger partial charge >= 0.3 is 5.97 Å². The van der Waals surface area contributed by atoms with Crippen LogP contribution in [0.15, 0.2) is 24.3 Å². The molecular formula is C14H22N2O2. The Kier molecular flexibility index (Phi) is 4.35. The quantitative estimate of drug-likeness (QED) is 0.868. The highest BCUT2D eigenvalue weighted by Crippen LogP contribution is 2.31. The summed E-state index contributed by atoms with van der Waals surface area (Å²) in [5, 5.41) is 9.07. The van der Waals surface area contributed by atoms with Gasteiger partial charge in [-0.25, -0.2) is 0 Å². The van der Waals surface area contributed by atoms with E-state index in [2.05, 4.69) is 0 Å². The second-order valence-electron chi connectivity index (χ2n) is 5.18. The molecule has 0 aliphatic heterocycles. The summed E-state index contributed by atoms with van der Waals surface area (Å²) in [6.07, 6.45) is 0.0846. The van der Waals surface area contributed by atoms with Crippen LogP contribution in [0.1, 0.15) is 18.9 Å². The van der Waals surface area contributed by atoms with Gasteiger partial charge in [0.25, 0.3) is 0 Å². The first-order valence-electron chi connectivity index (χ1n) is 5.94. The molecule has 0 bridgehead atoms. The number of carboxylic acids is 1. The van der Waals surface area contributed by atoms with Gasteiger partial charge in [0.1, 0.15) is 0 Å². The van der Waals surface area contributed by atoms with Crippen LogP contribution >= 0.6 is 0 Å². The highest BCUT2D eigenvalue weighted by Gasteiger charge is 2.31. The van der Waals surface area contributed by atoms with E-state index in [0.717, 1.165) is 11.3 Å². The molecule has 0 saturated heterocycles. The summed E-state index contributed by atoms with van der Waals surface area (Å²) in [5.74, 6) is -0.789. The number of anilines is 1. The van der Waals surface area contributed by atoms with Crippen LogP contribution in [0.25, 0.3) is 0 Å². The van der Waals surface area contributed by atoms with E-state index in [0.29, 0.717) is 0 Å². The van der Waals surface area contributed by atoms with Gasteiger partial charge in [0.15, 0.2) is 0 Å². The Balaban J connectivity index is 3.10. The number of carboxylic acid groups (broad SMARTS) is 1. The molecule has 0 amide bonds. The maximum atomic E-state index is 11.0. The average Bonchev–Trinajstić information content (AvgIpc) is 2.27. The molecule has 0 aliphatic rings. The first-order chi connectivity index (χ1) is 8.27. The van der Waals surface area contributed by atoms with E-state index >= 15 is 0 Å². The molecule has 0 spiro atoms. The molecule has 1 aromatic carbocycles. The lowest BCUT2D eigenvalue weighted by atomic mass is 9.87. The second kappa shape index (κ2) is 5.40. The van der Waals surface area contributed by atoms with Gasteiger partial charge in [-0.05, 0) is 38.7 Å². The molecular weight excluding hydrogens is 228 g/mol. The Morgan fingerprint density at radius 3 is 2.00 bits per heavy atom. The van der Waals surface area contributed by atoms with Crippen LogP contribution in [0.4, 0.5) is 5.69 Å². The van der Waals surface area contributed by atoms with Gasteiger partial charge in [-0.2, -0.15) is 0 Å². The molecule has 1 atom stereocenters. The van der Waals surface area contributed by atoms with Gasteiger partial charge < -0.3 is 10.0 Å². The van der Waals surface area contributed by atoms with Gasteiger partial charge in [-0.3, -0.25) is 9.69 Å². The third-order valence-electron chi connectivity index (χ3n) is 3.49. The number of nitrogens with zero attached hydrogens (tertiary/aromatic N) is 2. The Hall–Kier alpha value is -1.55. The normalized spacial score (nSPS) is 14.3. The van der Waals surface area contributed by atoms with Crippen molar-refractivity contribution >= 4 is 11.7 Å². The minimum Gasteiger partial charge on any atom is -0.481 e. The van der Waals surface area contributed by atoms with Crippen LogP contribution in [0, 0.1) is 0 Å². The minimum atomic E-state index is -0.789. The Labute approximate surface area is 109 Å². The van der Waals surface area contributed by atoms with Crippen LogP contribution in [0.3, 0.4) is 0 Å². The van der Waals surface area contributed by atoms with Gasteiger partial charge in [-0.1, -0.05) is 12.1 Å². The van der Waals surface area contributed by atoms with Crippen molar-refractivity contribution in [2.24, 2.45) is 0 Å². The number of rotatable bonds is 5. The molecule has 1 N–H and O–H groups in total. The predicted octanol–water partition coefficient (Wildman–Crippen LogP) is 2.00. The summed E-state index contributed by atoms with van der Waals surface area (Å²) in [6, 6.07) is 8.02. The molecule has 4 nitrogen and oxygen atoms in total. The molecule has 18 heavy (non-hydrogen) atoms. The van der Waals surface area contributed by atoms with Gasteiger partial charge in [0.2, 0.25) is 0 Å². The van der Waals surface area contributed by atoms with Gasteiger partial charge in [0.05, 0.1) is 12.0 Å². The average molecular weight is 250 g/mol. The van der Waals surface area contributed by atoms with E-state index in [1.165, 1.54) is 0 Å². The van der Waals surface area contributed by atoms with E-state index in [1.807, 2.05) is 69.2 Å². The molecule has 4 heteroatoms. The van der Waals surface area contributed by atoms with Crippen LogP contribution in [-0.2, 0) is 10.3 Å². The van der Waals surface area contributed by atoms with Crippen molar-refractivity contribution in [3.63, 3.8) is 0 Å². The third-order valence-corrected chi connectivity index (χ3v) is 3.49. The third kappa shape index (κ3) is 3.01. The Morgan fingerprint density at radius 1 is 1.17 bits per heavy atom. The smallest absolute Gasteiger partial charge is 0.305 e. The maximum absolute atomic E-state index is 11.0. The van der Waals surface area contributed by atoms with Gasteiger partial charge in [-0.15, -0.1) is 0 Å². The van der Waals surface area contributed by atoms with Crippen LogP contribution < -0.4 is 4.90 Å². The zero-order valence-electron chi connectivity index (χ0n) is 11.8. The molecule has 0 aliphatic carbocycles. The summed E-state index contributed by atoms with van der Waals surface area (Å²) in [4.78, 5) is 15.0. The molecule has 1 rings (SSSR count). The molecule has 0 saturated carbocycles. The Morgan fingerprint density at radius 2 is 1.67 bits per heavy atom. The molecule has 0 aromatic heterocycles. The number of hydrogen-bond acceptors (Lipinski definition) is 3.